The van der Waals surface area contributed by atoms with E-state index in [-0.39, 0.29) is 0 Å². The summed E-state index contributed by atoms with van der Waals surface area (Å²) < 4.78 is 12.9. The smallest absolute Gasteiger partial charge is 0.183 e. The van der Waals surface area contributed by atoms with Crippen molar-refractivity contribution in [2.75, 3.05) is 0 Å². The molecule has 0 aromatic rings. The lowest BCUT2D eigenvalue weighted by Crippen LogP contribution is -1.94. The molecule has 72 valence electrons. The highest BCUT2D eigenvalue weighted by Gasteiger charge is 2.19. The van der Waals surface area contributed by atoms with E-state index in [2.05, 4.69) is 17.3 Å². The Hall–Kier alpha value is 2.24. The Morgan fingerprint density at radius 1 is 0.833 bits per heavy atom. The van der Waals surface area contributed by atoms with Gasteiger partial charge in [0.2, 0.25) is 11.8 Å². The van der Waals surface area contributed by atoms with Gasteiger partial charge in [-0.15, -0.1) is 0 Å². The first-order valence-electron chi connectivity index (χ1n) is 2.30. The third kappa shape index (κ3) is 4.65. The Morgan fingerprint density at radius 3 is 1.50 bits per heavy atom. The summed E-state index contributed by atoms with van der Waals surface area (Å²) >= 11 is 24.7. The van der Waals surface area contributed by atoms with Crippen LogP contribution in [-0.2, 0) is 0 Å². The van der Waals surface area contributed by atoms with Crippen LogP contribution in [0, 0.1) is 0 Å². The maximum Gasteiger partial charge on any atom is 0.226 e. The second kappa shape index (κ2) is 4.84. The maximum atomic E-state index is 5.73. The molecule has 1 rings (SSSR count). The second-order valence-corrected chi connectivity index (χ2v) is 13.5. The molecule has 1 heterocycles. The average molecular weight is 326 g/mol. The van der Waals surface area contributed by atoms with Crippen molar-refractivity contribution in [3.05, 3.63) is 0 Å². The van der Waals surface area contributed by atoms with Crippen molar-refractivity contribution in [3.63, 3.8) is 0 Å². The van der Waals surface area contributed by atoms with Crippen molar-refractivity contribution in [1.29, 1.82) is 0 Å². The van der Waals surface area contributed by atoms with E-state index in [9.17, 15) is 0 Å². The molecule has 0 unspecified atom stereocenters. The Balaban J connectivity index is 2.73. The lowest BCUT2D eigenvalue weighted by atomic mass is 13.8. The van der Waals surface area contributed by atoms with Crippen LogP contribution in [-0.4, -0.2) is 0 Å². The van der Waals surface area contributed by atoms with E-state index < -0.39 is 11.8 Å². The van der Waals surface area contributed by atoms with Crippen LogP contribution < -0.4 is 8.99 Å². The van der Waals surface area contributed by atoms with E-state index in [1.165, 1.54) is 0 Å². The molecule has 2 N–H and O–H groups in total. The van der Waals surface area contributed by atoms with Crippen molar-refractivity contribution >= 4 is 81.1 Å². The molecule has 0 saturated heterocycles. The maximum absolute atomic E-state index is 5.73. The number of rotatable bonds is 0. The molecular formula is H2Cl4N4P2S2. The zero-order valence-corrected chi connectivity index (χ0v) is 11.6. The largest absolute Gasteiger partial charge is 0.226 e. The molecule has 1 aliphatic rings. The third-order valence-electron chi connectivity index (χ3n) is 0.588. The highest BCUT2D eigenvalue weighted by Crippen LogP contribution is 2.65. The molecule has 0 spiro atoms. The van der Waals surface area contributed by atoms with Gasteiger partial charge in [-0.05, 0) is 45.0 Å². The summed E-state index contributed by atoms with van der Waals surface area (Å²) in [7, 11) is 0. The van der Waals surface area contributed by atoms with E-state index in [1.807, 2.05) is 0 Å². The molecule has 0 radical (unpaired) electrons. The Kier molecular flexibility index (Phi) is 4.97. The summed E-state index contributed by atoms with van der Waals surface area (Å²) in [4.78, 5) is 0. The summed E-state index contributed by atoms with van der Waals surface area (Å²) in [5.74, 6) is -4.95. The van der Waals surface area contributed by atoms with Crippen LogP contribution in [0.25, 0.3) is 0 Å². The summed E-state index contributed by atoms with van der Waals surface area (Å²) in [6, 6.07) is 0. The SMILES string of the molecule is ClP1(Cl)=NSNP(Cl)(Cl)=NSN1. The van der Waals surface area contributed by atoms with Gasteiger partial charge in [0, 0.05) is 0 Å². The number of nitrogens with zero attached hydrogens (tertiary/aromatic N) is 2. The summed E-state index contributed by atoms with van der Waals surface area (Å²) in [6.45, 7) is 0. The van der Waals surface area contributed by atoms with Crippen LogP contribution in [0.4, 0.5) is 0 Å². The van der Waals surface area contributed by atoms with Gasteiger partial charge in [0.05, 0.1) is 24.3 Å². The standard InChI is InChI=1S/Cl4H2N4P2S2/c1-9(2)5-11-7-10(3,4)8-12-6-9/h5,8H. The fourth-order valence-corrected chi connectivity index (χ4v) is 5.91. The molecule has 0 bridgehead atoms. The topological polar surface area (TPSA) is 48.8 Å². The molecule has 0 saturated carbocycles. The Labute approximate surface area is 97.7 Å². The number of hydrogen-bond donors (Lipinski definition) is 2. The minimum Gasteiger partial charge on any atom is -0.183 e. The van der Waals surface area contributed by atoms with Crippen molar-refractivity contribution in [1.82, 2.24) is 8.99 Å². The van der Waals surface area contributed by atoms with Crippen molar-refractivity contribution < 1.29 is 0 Å². The van der Waals surface area contributed by atoms with Gasteiger partial charge >= 0.3 is 0 Å². The van der Waals surface area contributed by atoms with Gasteiger partial charge in [-0.25, -0.2) is 0 Å². The molecule has 4 nitrogen and oxygen atoms in total. The predicted octanol–water partition coefficient (Wildman–Crippen LogP) is 5.15. The number of hydrogen-bond acceptors (Lipinski definition) is 6. The quantitative estimate of drug-likeness (QED) is 0.477. The normalized spacial score (nSPS) is 27.7. The molecule has 0 fully saturated rings. The average Bonchev–Trinajstić information content (AvgIpc) is 1.82. The first-order chi connectivity index (χ1) is 5.41. The molecule has 0 aliphatic carbocycles. The molecular weight excluding hydrogens is 324 g/mol. The highest BCUT2D eigenvalue weighted by molar-refractivity contribution is 8.26. The molecule has 0 amide bonds. The van der Waals surface area contributed by atoms with Crippen LogP contribution >= 0.6 is 81.1 Å². The van der Waals surface area contributed by atoms with Gasteiger partial charge in [0.15, 0.2) is 0 Å². The molecule has 0 aromatic heterocycles. The second-order valence-electron chi connectivity index (χ2n) is 1.50. The fraction of sp³-hybridized carbons (Fsp3) is 0. The van der Waals surface area contributed by atoms with Gasteiger partial charge in [0.25, 0.3) is 0 Å². The van der Waals surface area contributed by atoms with Crippen molar-refractivity contribution in [2.45, 2.75) is 0 Å². The van der Waals surface area contributed by atoms with Crippen LogP contribution in [0.1, 0.15) is 0 Å². The Morgan fingerprint density at radius 2 is 1.17 bits per heavy atom. The van der Waals surface area contributed by atoms with E-state index >= 15 is 0 Å². The molecule has 12 heavy (non-hydrogen) atoms. The van der Waals surface area contributed by atoms with Crippen LogP contribution in [0.3, 0.4) is 0 Å². The first kappa shape index (κ1) is 12.3. The molecule has 0 atom stereocenters. The number of nitrogens with one attached hydrogen (secondary N) is 2. The summed E-state index contributed by atoms with van der Waals surface area (Å²) in [6.07, 6.45) is 0. The summed E-state index contributed by atoms with van der Waals surface area (Å²) in [5, 5.41) is 0. The Bertz CT molecular complexity index is 236. The lowest BCUT2D eigenvalue weighted by Gasteiger charge is -2.14. The first-order valence-corrected chi connectivity index (χ1v) is 10.9. The summed E-state index contributed by atoms with van der Waals surface area (Å²) in [5.41, 5.74) is 0. The molecule has 0 aromatic carbocycles. The minimum absolute atomic E-state index is 0.919. The monoisotopic (exact) mass is 324 g/mol. The van der Waals surface area contributed by atoms with Gasteiger partial charge in [-0.1, -0.05) is 0 Å². The van der Waals surface area contributed by atoms with Crippen LogP contribution in [0.2, 0.25) is 0 Å². The predicted molar refractivity (Wildman–Crippen MR) is 63.6 cm³/mol. The molecule has 12 heteroatoms. The highest BCUT2D eigenvalue weighted by atomic mass is 35.9. The van der Waals surface area contributed by atoms with E-state index in [4.69, 9.17) is 45.0 Å². The lowest BCUT2D eigenvalue weighted by molar-refractivity contribution is 1.62. The number of halogens is 4. The minimum atomic E-state index is -2.47. The van der Waals surface area contributed by atoms with Crippen molar-refractivity contribution in [2.24, 2.45) is 8.30 Å². The zero-order chi connectivity index (χ0) is 9.24. The van der Waals surface area contributed by atoms with Gasteiger partial charge < -0.3 is 0 Å². The molecule has 1 aliphatic heterocycles. The van der Waals surface area contributed by atoms with E-state index in [0.29, 0.717) is 0 Å². The van der Waals surface area contributed by atoms with Gasteiger partial charge in [0.1, 0.15) is 0 Å². The van der Waals surface area contributed by atoms with Gasteiger partial charge in [-0.3, -0.25) is 0 Å². The van der Waals surface area contributed by atoms with Crippen LogP contribution in [0.5, 0.6) is 0 Å². The fourth-order valence-electron chi connectivity index (χ4n) is 0.271. The van der Waals surface area contributed by atoms with Gasteiger partial charge in [-0.2, -0.15) is 17.3 Å². The van der Waals surface area contributed by atoms with E-state index in [1.54, 1.807) is 0 Å². The van der Waals surface area contributed by atoms with Crippen molar-refractivity contribution in [3.8, 4) is 0 Å². The third-order valence-corrected chi connectivity index (χ3v) is 10.00. The van der Waals surface area contributed by atoms with Crippen LogP contribution in [0.15, 0.2) is 8.30 Å². The zero-order valence-electron chi connectivity index (χ0n) is 5.12. The van der Waals surface area contributed by atoms with E-state index in [0.717, 1.165) is 24.3 Å².